The van der Waals surface area contributed by atoms with E-state index in [1.165, 1.54) is 0 Å². The van der Waals surface area contributed by atoms with Gasteiger partial charge in [-0.1, -0.05) is 24.3 Å². The molecular formula is C14H21BO4. The SMILES string of the molecule is CC1(C)OB(c2ccc(C(O)CO)cc2)OC1(C)C. The average Bonchev–Trinajstić information content (AvgIpc) is 2.58. The van der Waals surface area contributed by atoms with Gasteiger partial charge in [0.25, 0.3) is 0 Å². The van der Waals surface area contributed by atoms with Crippen LogP contribution in [0.25, 0.3) is 0 Å². The number of hydrogen-bond acceptors (Lipinski definition) is 4. The largest absolute Gasteiger partial charge is 0.494 e. The van der Waals surface area contributed by atoms with E-state index in [0.29, 0.717) is 5.56 Å². The van der Waals surface area contributed by atoms with E-state index in [2.05, 4.69) is 0 Å². The molecule has 1 unspecified atom stereocenters. The van der Waals surface area contributed by atoms with Crippen molar-refractivity contribution < 1.29 is 19.5 Å². The highest BCUT2D eigenvalue weighted by Gasteiger charge is 2.51. The van der Waals surface area contributed by atoms with Crippen LogP contribution in [0.2, 0.25) is 0 Å². The Morgan fingerprint density at radius 1 is 1.05 bits per heavy atom. The Balaban J connectivity index is 2.17. The first-order valence-electron chi connectivity index (χ1n) is 6.51. The third-order valence-corrected chi connectivity index (χ3v) is 4.02. The zero-order chi connectivity index (χ0) is 14.3. The van der Waals surface area contributed by atoms with Crippen molar-refractivity contribution in [2.45, 2.75) is 45.0 Å². The number of aliphatic hydroxyl groups excluding tert-OH is 2. The maximum absolute atomic E-state index is 9.54. The fraction of sp³-hybridized carbons (Fsp3) is 0.571. The standard InChI is InChI=1S/C14H21BO4/c1-13(2)14(3,4)19-15(18-13)11-7-5-10(6-8-11)12(17)9-16/h5-8,12,16-17H,9H2,1-4H3. The van der Waals surface area contributed by atoms with E-state index in [4.69, 9.17) is 14.4 Å². The molecule has 19 heavy (non-hydrogen) atoms. The minimum absolute atomic E-state index is 0.282. The second kappa shape index (κ2) is 4.91. The molecule has 4 nitrogen and oxygen atoms in total. The first-order chi connectivity index (χ1) is 8.77. The van der Waals surface area contributed by atoms with Crippen molar-refractivity contribution in [1.29, 1.82) is 0 Å². The van der Waals surface area contributed by atoms with Crippen LogP contribution in [0.3, 0.4) is 0 Å². The van der Waals surface area contributed by atoms with Gasteiger partial charge in [0.1, 0.15) is 6.10 Å². The summed E-state index contributed by atoms with van der Waals surface area (Å²) in [6.45, 7) is 7.76. The van der Waals surface area contributed by atoms with Crippen molar-refractivity contribution in [2.24, 2.45) is 0 Å². The first kappa shape index (κ1) is 14.5. The van der Waals surface area contributed by atoms with E-state index < -0.39 is 13.2 Å². The van der Waals surface area contributed by atoms with E-state index in [-0.39, 0.29) is 17.8 Å². The summed E-state index contributed by atoms with van der Waals surface area (Å²) in [5.74, 6) is 0. The van der Waals surface area contributed by atoms with Crippen LogP contribution in [0.15, 0.2) is 24.3 Å². The zero-order valence-electron chi connectivity index (χ0n) is 11.9. The number of aliphatic hydroxyl groups is 2. The van der Waals surface area contributed by atoms with Gasteiger partial charge in [-0.15, -0.1) is 0 Å². The Bertz CT molecular complexity index is 425. The summed E-state index contributed by atoms with van der Waals surface area (Å²) in [5.41, 5.74) is 0.873. The van der Waals surface area contributed by atoms with Gasteiger partial charge in [0.15, 0.2) is 0 Å². The molecule has 0 amide bonds. The van der Waals surface area contributed by atoms with Gasteiger partial charge in [-0.3, -0.25) is 0 Å². The lowest BCUT2D eigenvalue weighted by Crippen LogP contribution is -2.41. The van der Waals surface area contributed by atoms with E-state index in [1.54, 1.807) is 12.1 Å². The predicted molar refractivity (Wildman–Crippen MR) is 74.2 cm³/mol. The molecule has 0 aliphatic carbocycles. The molecule has 1 aromatic rings. The summed E-state index contributed by atoms with van der Waals surface area (Å²) in [6, 6.07) is 7.27. The van der Waals surface area contributed by atoms with Gasteiger partial charge in [-0.2, -0.15) is 0 Å². The van der Waals surface area contributed by atoms with E-state index in [9.17, 15) is 5.11 Å². The molecule has 0 spiro atoms. The molecule has 2 rings (SSSR count). The summed E-state index contributed by atoms with van der Waals surface area (Å²) >= 11 is 0. The maximum Gasteiger partial charge on any atom is 0.494 e. The maximum atomic E-state index is 9.54. The van der Waals surface area contributed by atoms with E-state index in [0.717, 1.165) is 5.46 Å². The number of hydrogen-bond donors (Lipinski definition) is 2. The van der Waals surface area contributed by atoms with E-state index >= 15 is 0 Å². The van der Waals surface area contributed by atoms with Crippen molar-refractivity contribution in [3.63, 3.8) is 0 Å². The summed E-state index contributed by atoms with van der Waals surface area (Å²) in [4.78, 5) is 0. The molecule has 0 radical (unpaired) electrons. The molecule has 1 aliphatic heterocycles. The molecule has 1 atom stereocenters. The fourth-order valence-electron chi connectivity index (χ4n) is 1.96. The lowest BCUT2D eigenvalue weighted by atomic mass is 9.78. The highest BCUT2D eigenvalue weighted by atomic mass is 16.7. The number of rotatable bonds is 3. The van der Waals surface area contributed by atoms with Crippen LogP contribution in [-0.4, -0.2) is 35.1 Å². The summed E-state index contributed by atoms with van der Waals surface area (Å²) in [6.07, 6.45) is -0.840. The van der Waals surface area contributed by atoms with Crippen LogP contribution in [-0.2, 0) is 9.31 Å². The predicted octanol–water partition coefficient (Wildman–Crippen LogP) is 1.01. The third kappa shape index (κ3) is 2.70. The van der Waals surface area contributed by atoms with Crippen molar-refractivity contribution in [2.75, 3.05) is 6.61 Å². The zero-order valence-corrected chi connectivity index (χ0v) is 11.9. The Morgan fingerprint density at radius 3 is 1.95 bits per heavy atom. The number of benzene rings is 1. The molecule has 1 saturated heterocycles. The quantitative estimate of drug-likeness (QED) is 0.800. The van der Waals surface area contributed by atoms with Crippen molar-refractivity contribution in [3.05, 3.63) is 29.8 Å². The molecule has 0 bridgehead atoms. The van der Waals surface area contributed by atoms with Crippen LogP contribution >= 0.6 is 0 Å². The van der Waals surface area contributed by atoms with Crippen molar-refractivity contribution >= 4 is 12.6 Å². The molecule has 0 saturated carbocycles. The monoisotopic (exact) mass is 264 g/mol. The minimum atomic E-state index is -0.840. The lowest BCUT2D eigenvalue weighted by Gasteiger charge is -2.32. The van der Waals surface area contributed by atoms with Crippen LogP contribution < -0.4 is 5.46 Å². The lowest BCUT2D eigenvalue weighted by molar-refractivity contribution is 0.00578. The normalized spacial score (nSPS) is 22.5. The van der Waals surface area contributed by atoms with Gasteiger partial charge in [0.05, 0.1) is 17.8 Å². The van der Waals surface area contributed by atoms with E-state index in [1.807, 2.05) is 39.8 Å². The molecular weight excluding hydrogens is 243 g/mol. The van der Waals surface area contributed by atoms with Crippen LogP contribution in [0.1, 0.15) is 39.4 Å². The van der Waals surface area contributed by atoms with Gasteiger partial charge in [-0.05, 0) is 38.7 Å². The molecule has 1 fully saturated rings. The first-order valence-corrected chi connectivity index (χ1v) is 6.51. The molecule has 1 aliphatic rings. The molecule has 2 N–H and O–H groups in total. The second-order valence-electron chi connectivity index (χ2n) is 5.95. The fourth-order valence-corrected chi connectivity index (χ4v) is 1.96. The van der Waals surface area contributed by atoms with Crippen molar-refractivity contribution in [3.8, 4) is 0 Å². The van der Waals surface area contributed by atoms with Crippen molar-refractivity contribution in [1.82, 2.24) is 0 Å². The van der Waals surface area contributed by atoms with Crippen LogP contribution in [0.5, 0.6) is 0 Å². The van der Waals surface area contributed by atoms with Gasteiger partial charge in [0, 0.05) is 0 Å². The Labute approximate surface area is 114 Å². The summed E-state index contributed by atoms with van der Waals surface area (Å²) < 4.78 is 11.9. The topological polar surface area (TPSA) is 58.9 Å². The van der Waals surface area contributed by atoms with Crippen LogP contribution in [0, 0.1) is 0 Å². The molecule has 104 valence electrons. The highest BCUT2D eigenvalue weighted by molar-refractivity contribution is 6.62. The summed E-state index contributed by atoms with van der Waals surface area (Å²) in [5, 5.41) is 18.4. The second-order valence-corrected chi connectivity index (χ2v) is 5.95. The Morgan fingerprint density at radius 2 is 1.53 bits per heavy atom. The molecule has 0 aromatic heterocycles. The highest BCUT2D eigenvalue weighted by Crippen LogP contribution is 2.36. The van der Waals surface area contributed by atoms with Gasteiger partial charge < -0.3 is 19.5 Å². The molecule has 5 heteroatoms. The van der Waals surface area contributed by atoms with Gasteiger partial charge in [-0.25, -0.2) is 0 Å². The van der Waals surface area contributed by atoms with Gasteiger partial charge >= 0.3 is 7.12 Å². The van der Waals surface area contributed by atoms with Gasteiger partial charge in [0.2, 0.25) is 0 Å². The Hall–Kier alpha value is -0.875. The molecule has 1 heterocycles. The Kier molecular flexibility index (Phi) is 3.75. The average molecular weight is 264 g/mol. The molecule has 1 aromatic carbocycles. The smallest absolute Gasteiger partial charge is 0.399 e. The minimum Gasteiger partial charge on any atom is -0.399 e. The van der Waals surface area contributed by atoms with Crippen LogP contribution in [0.4, 0.5) is 0 Å². The third-order valence-electron chi connectivity index (χ3n) is 4.02. The summed E-state index contributed by atoms with van der Waals surface area (Å²) in [7, 11) is -0.398.